The van der Waals surface area contributed by atoms with Gasteiger partial charge in [-0.1, -0.05) is 0 Å². The lowest BCUT2D eigenvalue weighted by atomic mass is 10.3. The molecule has 2 aliphatic rings. The molecule has 0 aromatic heterocycles. The number of amides is 1. The molecule has 0 saturated heterocycles. The first-order valence-corrected chi connectivity index (χ1v) is 3.79. The van der Waals surface area contributed by atoms with Gasteiger partial charge in [0.25, 0.3) is 5.91 Å². The topological polar surface area (TPSA) is 45.0 Å². The van der Waals surface area contributed by atoms with Crippen LogP contribution < -0.4 is 0 Å². The Balaban J connectivity index is 2.44. The van der Waals surface area contributed by atoms with Crippen molar-refractivity contribution in [1.29, 1.82) is 0 Å². The molecule has 0 fully saturated rings. The van der Waals surface area contributed by atoms with Crippen molar-refractivity contribution < 1.29 is 4.79 Å². The zero-order valence-electron chi connectivity index (χ0n) is 7.03. The minimum absolute atomic E-state index is 0.115. The maximum Gasteiger partial charge on any atom is 0.268 e. The first-order valence-electron chi connectivity index (χ1n) is 3.79. The quantitative estimate of drug-likeness (QED) is 0.524. The Kier molecular flexibility index (Phi) is 1.36. The van der Waals surface area contributed by atoms with E-state index in [-0.39, 0.29) is 5.91 Å². The average molecular weight is 163 g/mol. The molecule has 0 spiro atoms. The van der Waals surface area contributed by atoms with E-state index in [2.05, 4.69) is 9.98 Å². The summed E-state index contributed by atoms with van der Waals surface area (Å²) in [5, 5.41) is 0. The Morgan fingerprint density at radius 3 is 2.92 bits per heavy atom. The van der Waals surface area contributed by atoms with Crippen LogP contribution in [0.2, 0.25) is 0 Å². The van der Waals surface area contributed by atoms with Gasteiger partial charge in [0.1, 0.15) is 6.54 Å². The molecule has 0 saturated carbocycles. The molecule has 2 aliphatic heterocycles. The van der Waals surface area contributed by atoms with Crippen LogP contribution in [-0.2, 0) is 4.79 Å². The Bertz CT molecular complexity index is 338. The highest BCUT2D eigenvalue weighted by molar-refractivity contribution is 6.11. The van der Waals surface area contributed by atoms with E-state index in [1.807, 2.05) is 24.8 Å². The van der Waals surface area contributed by atoms with E-state index < -0.39 is 0 Å². The third kappa shape index (κ3) is 0.958. The van der Waals surface area contributed by atoms with Crippen LogP contribution in [0.5, 0.6) is 0 Å². The number of nitrogens with zero attached hydrogens (tertiary/aromatic N) is 3. The lowest BCUT2D eigenvalue weighted by molar-refractivity contribution is -0.116. The minimum Gasteiger partial charge on any atom is -0.305 e. The summed E-state index contributed by atoms with van der Waals surface area (Å²) in [4.78, 5) is 20.7. The summed E-state index contributed by atoms with van der Waals surface area (Å²) in [5.41, 5.74) is 1.93. The van der Waals surface area contributed by atoms with Crippen molar-refractivity contribution in [3.63, 3.8) is 0 Å². The average Bonchev–Trinajstić information content (AvgIpc) is 2.29. The summed E-state index contributed by atoms with van der Waals surface area (Å²) < 4.78 is 0. The maximum absolute atomic E-state index is 10.9. The molecule has 0 unspecified atom stereocenters. The predicted octanol–water partition coefficient (Wildman–Crippen LogP) is 0.563. The molecule has 0 aromatic carbocycles. The van der Waals surface area contributed by atoms with Crippen molar-refractivity contribution in [3.05, 3.63) is 11.8 Å². The van der Waals surface area contributed by atoms with Crippen LogP contribution >= 0.6 is 0 Å². The highest BCUT2D eigenvalue weighted by Crippen LogP contribution is 2.16. The Morgan fingerprint density at radius 1 is 1.42 bits per heavy atom. The van der Waals surface area contributed by atoms with Crippen molar-refractivity contribution in [2.45, 2.75) is 13.8 Å². The Labute approximate surface area is 70.3 Å². The normalized spacial score (nSPS) is 21.7. The van der Waals surface area contributed by atoms with Gasteiger partial charge in [-0.15, -0.1) is 0 Å². The molecule has 2 rings (SSSR count). The van der Waals surface area contributed by atoms with Gasteiger partial charge in [-0.3, -0.25) is 4.79 Å². The summed E-state index contributed by atoms with van der Waals surface area (Å²) >= 11 is 0. The van der Waals surface area contributed by atoms with E-state index in [0.717, 1.165) is 11.4 Å². The molecular weight excluding hydrogens is 154 g/mol. The van der Waals surface area contributed by atoms with Crippen LogP contribution in [-0.4, -0.2) is 29.0 Å². The van der Waals surface area contributed by atoms with Gasteiger partial charge >= 0.3 is 0 Å². The van der Waals surface area contributed by atoms with Crippen molar-refractivity contribution in [2.75, 3.05) is 6.54 Å². The van der Waals surface area contributed by atoms with Gasteiger partial charge < -0.3 is 4.90 Å². The number of carbonyl (C=O) groups excluding carboxylic acids is 1. The molecule has 0 radical (unpaired) electrons. The van der Waals surface area contributed by atoms with Crippen molar-refractivity contribution >= 4 is 17.6 Å². The molecule has 62 valence electrons. The van der Waals surface area contributed by atoms with Crippen LogP contribution in [0.25, 0.3) is 0 Å². The fourth-order valence-electron chi connectivity index (χ4n) is 1.35. The van der Waals surface area contributed by atoms with E-state index in [0.29, 0.717) is 12.5 Å². The summed E-state index contributed by atoms with van der Waals surface area (Å²) in [7, 11) is 0. The number of fused-ring (bicyclic) bond motifs is 1. The molecule has 0 aliphatic carbocycles. The highest BCUT2D eigenvalue weighted by Gasteiger charge is 2.26. The molecule has 0 atom stereocenters. The van der Waals surface area contributed by atoms with Gasteiger partial charge in [-0.05, 0) is 19.9 Å². The predicted molar refractivity (Wildman–Crippen MR) is 46.0 cm³/mol. The van der Waals surface area contributed by atoms with Crippen molar-refractivity contribution in [3.8, 4) is 0 Å². The maximum atomic E-state index is 10.9. The lowest BCUT2D eigenvalue weighted by Crippen LogP contribution is -2.29. The second kappa shape index (κ2) is 2.27. The van der Waals surface area contributed by atoms with Crippen LogP contribution in [0.4, 0.5) is 0 Å². The monoisotopic (exact) mass is 163 g/mol. The van der Waals surface area contributed by atoms with Crippen molar-refractivity contribution in [1.82, 2.24) is 4.90 Å². The van der Waals surface area contributed by atoms with Crippen LogP contribution in [0, 0.1) is 0 Å². The molecular formula is C8H9N3O. The van der Waals surface area contributed by atoms with Gasteiger partial charge in [0.15, 0.2) is 0 Å². The number of aliphatic imine (C=N–C) groups is 2. The third-order valence-corrected chi connectivity index (χ3v) is 1.88. The lowest BCUT2D eigenvalue weighted by Gasteiger charge is -2.20. The highest BCUT2D eigenvalue weighted by atomic mass is 16.2. The van der Waals surface area contributed by atoms with E-state index >= 15 is 0 Å². The molecule has 12 heavy (non-hydrogen) atoms. The first-order chi connectivity index (χ1) is 5.66. The fourth-order valence-corrected chi connectivity index (χ4v) is 1.35. The number of carbonyl (C=O) groups is 1. The standard InChI is InChI=1S/C8H9N3O/c1-5-3-6(2)11-4-7(12)10-8(11)9-5/h3H,4H2,1-2H3. The summed E-state index contributed by atoms with van der Waals surface area (Å²) in [5.74, 6) is 0.425. The zero-order chi connectivity index (χ0) is 8.72. The first kappa shape index (κ1) is 7.21. The van der Waals surface area contributed by atoms with Crippen LogP contribution in [0.15, 0.2) is 21.8 Å². The minimum atomic E-state index is -0.115. The van der Waals surface area contributed by atoms with E-state index in [1.165, 1.54) is 0 Å². The molecule has 2 heterocycles. The van der Waals surface area contributed by atoms with Crippen LogP contribution in [0.1, 0.15) is 13.8 Å². The van der Waals surface area contributed by atoms with Gasteiger partial charge in [-0.25, -0.2) is 4.99 Å². The molecule has 0 bridgehead atoms. The SMILES string of the molecule is CC1=CC(C)=NC2=NC(=O)CN12. The van der Waals surface area contributed by atoms with Gasteiger partial charge in [0.05, 0.1) is 0 Å². The molecule has 4 heteroatoms. The Morgan fingerprint density at radius 2 is 2.17 bits per heavy atom. The fraction of sp³-hybridized carbons (Fsp3) is 0.375. The summed E-state index contributed by atoms with van der Waals surface area (Å²) in [6, 6.07) is 0. The number of hydrogen-bond acceptors (Lipinski definition) is 3. The third-order valence-electron chi connectivity index (χ3n) is 1.88. The van der Waals surface area contributed by atoms with Gasteiger partial charge in [0, 0.05) is 11.4 Å². The number of guanidine groups is 1. The largest absolute Gasteiger partial charge is 0.305 e. The summed E-state index contributed by atoms with van der Waals surface area (Å²) in [6.07, 6.45) is 1.94. The second-order valence-electron chi connectivity index (χ2n) is 2.93. The van der Waals surface area contributed by atoms with E-state index in [9.17, 15) is 4.79 Å². The van der Waals surface area contributed by atoms with Gasteiger partial charge in [-0.2, -0.15) is 4.99 Å². The van der Waals surface area contributed by atoms with E-state index in [4.69, 9.17) is 0 Å². The van der Waals surface area contributed by atoms with Crippen LogP contribution in [0.3, 0.4) is 0 Å². The zero-order valence-corrected chi connectivity index (χ0v) is 7.03. The molecule has 0 aromatic rings. The number of allylic oxidation sites excluding steroid dienone is 2. The van der Waals surface area contributed by atoms with E-state index in [1.54, 1.807) is 0 Å². The number of rotatable bonds is 0. The molecule has 4 nitrogen and oxygen atoms in total. The number of hydrogen-bond donors (Lipinski definition) is 0. The van der Waals surface area contributed by atoms with Crippen molar-refractivity contribution in [2.24, 2.45) is 9.98 Å². The van der Waals surface area contributed by atoms with Gasteiger partial charge in [0.2, 0.25) is 5.96 Å². The smallest absolute Gasteiger partial charge is 0.268 e. The second-order valence-corrected chi connectivity index (χ2v) is 2.93. The molecule has 0 N–H and O–H groups in total. The molecule has 1 amide bonds. The summed E-state index contributed by atoms with van der Waals surface area (Å²) in [6.45, 7) is 4.19. The Hall–Kier alpha value is -1.45.